The highest BCUT2D eigenvalue weighted by Crippen LogP contribution is 2.40. The van der Waals surface area contributed by atoms with Crippen molar-refractivity contribution in [2.45, 2.75) is 25.2 Å². The van der Waals surface area contributed by atoms with Gasteiger partial charge in [0.05, 0.1) is 16.3 Å². The van der Waals surface area contributed by atoms with Gasteiger partial charge in [-0.15, -0.1) is 0 Å². The lowest BCUT2D eigenvalue weighted by molar-refractivity contribution is 0.0981. The summed E-state index contributed by atoms with van der Waals surface area (Å²) < 4.78 is 41.7. The summed E-state index contributed by atoms with van der Waals surface area (Å²) in [5.41, 5.74) is 2.82. The Hall–Kier alpha value is -3.26. The van der Waals surface area contributed by atoms with Crippen molar-refractivity contribution >= 4 is 21.5 Å². The van der Waals surface area contributed by atoms with Crippen LogP contribution in [-0.2, 0) is 17.1 Å². The lowest BCUT2D eigenvalue weighted by Crippen LogP contribution is -2.16. The van der Waals surface area contributed by atoms with Gasteiger partial charge >= 0.3 is 0 Å². The summed E-state index contributed by atoms with van der Waals surface area (Å²) in [4.78, 5) is 12.9. The average Bonchev–Trinajstić information content (AvgIpc) is 3.02. The first-order chi connectivity index (χ1) is 14.8. The molecule has 1 aromatic heterocycles. The van der Waals surface area contributed by atoms with Crippen molar-refractivity contribution in [2.24, 2.45) is 7.05 Å². The quantitative estimate of drug-likeness (QED) is 0.582. The first-order valence-electron chi connectivity index (χ1n) is 10.0. The first-order valence-corrected chi connectivity index (χ1v) is 11.5. The molecule has 7 nitrogen and oxygen atoms in total. The predicted octanol–water partition coefficient (Wildman–Crippen LogP) is 4.17. The Morgan fingerprint density at radius 1 is 1.06 bits per heavy atom. The Bertz CT molecular complexity index is 1250. The van der Waals surface area contributed by atoms with E-state index >= 15 is 0 Å². The van der Waals surface area contributed by atoms with E-state index in [-0.39, 0.29) is 17.1 Å². The van der Waals surface area contributed by atoms with E-state index in [4.69, 9.17) is 9.47 Å². The van der Waals surface area contributed by atoms with Crippen LogP contribution in [0.4, 0.5) is 5.69 Å². The Balaban J connectivity index is 1.86. The zero-order valence-corrected chi connectivity index (χ0v) is 18.5. The summed E-state index contributed by atoms with van der Waals surface area (Å²) in [6.45, 7) is 4.52. The molecule has 0 aliphatic carbocycles. The third-order valence-corrected chi connectivity index (χ3v) is 6.69. The molecule has 162 valence electrons. The van der Waals surface area contributed by atoms with Gasteiger partial charge in [-0.1, -0.05) is 25.1 Å². The zero-order valence-electron chi connectivity index (χ0n) is 17.6. The second-order valence-corrected chi connectivity index (χ2v) is 8.99. The van der Waals surface area contributed by atoms with Crippen LogP contribution in [0.25, 0.3) is 11.3 Å². The zero-order chi connectivity index (χ0) is 22.2. The van der Waals surface area contributed by atoms with E-state index in [2.05, 4.69) is 4.72 Å². The van der Waals surface area contributed by atoms with E-state index in [1.807, 2.05) is 18.2 Å². The number of benzene rings is 2. The molecule has 0 radical (unpaired) electrons. The summed E-state index contributed by atoms with van der Waals surface area (Å²) in [5, 5.41) is 0. The van der Waals surface area contributed by atoms with Gasteiger partial charge in [0, 0.05) is 19.0 Å². The van der Waals surface area contributed by atoms with Crippen LogP contribution < -0.4 is 14.2 Å². The fraction of sp³-hybridized carbons (Fsp3) is 0.261. The Morgan fingerprint density at radius 3 is 2.42 bits per heavy atom. The molecule has 8 heteroatoms. The highest BCUT2D eigenvalue weighted by Gasteiger charge is 2.27. The summed E-state index contributed by atoms with van der Waals surface area (Å²) in [5.74, 6) is 1.14. The van der Waals surface area contributed by atoms with Crippen molar-refractivity contribution < 1.29 is 22.7 Å². The fourth-order valence-corrected chi connectivity index (χ4v) is 4.99. The molecule has 2 heterocycles. The van der Waals surface area contributed by atoms with Crippen LogP contribution in [0.15, 0.2) is 53.4 Å². The summed E-state index contributed by atoms with van der Waals surface area (Å²) in [7, 11) is -2.09. The molecule has 3 aromatic rings. The number of sulfonamides is 1. The Kier molecular flexibility index (Phi) is 5.49. The van der Waals surface area contributed by atoms with Crippen LogP contribution in [0.5, 0.6) is 11.5 Å². The van der Waals surface area contributed by atoms with Crippen molar-refractivity contribution in [3.63, 3.8) is 0 Å². The topological polar surface area (TPSA) is 86.6 Å². The molecule has 1 aliphatic heterocycles. The maximum atomic E-state index is 13.0. The summed E-state index contributed by atoms with van der Waals surface area (Å²) >= 11 is 0. The number of carbonyl (C=O) groups excluding carboxylic acids is 1. The largest absolute Gasteiger partial charge is 0.486 e. The van der Waals surface area contributed by atoms with Gasteiger partial charge < -0.3 is 14.0 Å². The number of ether oxygens (including phenoxy) is 2. The third kappa shape index (κ3) is 3.79. The molecule has 1 aliphatic rings. The van der Waals surface area contributed by atoms with Crippen LogP contribution >= 0.6 is 0 Å². The van der Waals surface area contributed by atoms with E-state index in [1.54, 1.807) is 43.7 Å². The smallest absolute Gasteiger partial charge is 0.261 e. The lowest BCUT2D eigenvalue weighted by Gasteiger charge is -2.19. The number of Topliss-reactive ketones (excluding diaryl/α,β-unsaturated/α-hetero) is 1. The van der Waals surface area contributed by atoms with Crippen LogP contribution in [0.3, 0.4) is 0 Å². The maximum Gasteiger partial charge on any atom is 0.261 e. The summed E-state index contributed by atoms with van der Waals surface area (Å²) in [6, 6.07) is 13.7. The van der Waals surface area contributed by atoms with Gasteiger partial charge in [0.1, 0.15) is 18.9 Å². The molecule has 31 heavy (non-hydrogen) atoms. The first kappa shape index (κ1) is 21.0. The Labute approximate surface area is 181 Å². The van der Waals surface area contributed by atoms with Crippen molar-refractivity contribution in [3.05, 3.63) is 59.8 Å². The molecule has 0 saturated carbocycles. The number of rotatable bonds is 6. The molecule has 0 fully saturated rings. The highest BCUT2D eigenvalue weighted by atomic mass is 32.2. The number of hydrogen-bond acceptors (Lipinski definition) is 5. The second-order valence-electron chi connectivity index (χ2n) is 7.31. The number of nitrogens with zero attached hydrogens (tertiary/aromatic N) is 1. The van der Waals surface area contributed by atoms with E-state index < -0.39 is 10.0 Å². The molecule has 0 bridgehead atoms. The van der Waals surface area contributed by atoms with E-state index in [0.717, 1.165) is 11.3 Å². The highest BCUT2D eigenvalue weighted by molar-refractivity contribution is 7.92. The molecular weight excluding hydrogens is 416 g/mol. The number of ketones is 1. The molecule has 0 spiro atoms. The van der Waals surface area contributed by atoms with E-state index in [1.165, 1.54) is 12.1 Å². The third-order valence-electron chi connectivity index (χ3n) is 5.33. The van der Waals surface area contributed by atoms with Crippen LogP contribution in [0.1, 0.15) is 29.4 Å². The molecule has 1 N–H and O–H groups in total. The number of fused-ring (bicyclic) bond motifs is 1. The minimum absolute atomic E-state index is 0.133. The molecule has 2 aromatic carbocycles. The van der Waals surface area contributed by atoms with Crippen LogP contribution in [0, 0.1) is 6.92 Å². The van der Waals surface area contributed by atoms with Crippen molar-refractivity contribution in [1.82, 2.24) is 4.57 Å². The number of hydrogen-bond donors (Lipinski definition) is 1. The number of aromatic nitrogens is 1. The van der Waals surface area contributed by atoms with Crippen molar-refractivity contribution in [2.75, 3.05) is 17.9 Å². The SMILES string of the molecule is CCC(=O)c1c(NS(=O)(=O)c2ccccc2)c(C)c(-c2ccc3c(c2)OCCO3)n1C. The van der Waals surface area contributed by atoms with Gasteiger partial charge in [0.15, 0.2) is 17.3 Å². The average molecular weight is 441 g/mol. The van der Waals surface area contributed by atoms with E-state index in [0.29, 0.717) is 41.7 Å². The molecule has 0 atom stereocenters. The van der Waals surface area contributed by atoms with Crippen molar-refractivity contribution in [1.29, 1.82) is 0 Å². The normalized spacial score (nSPS) is 13.1. The monoisotopic (exact) mass is 440 g/mol. The van der Waals surface area contributed by atoms with Gasteiger partial charge in [0.2, 0.25) is 0 Å². The lowest BCUT2D eigenvalue weighted by atomic mass is 10.1. The standard InChI is InChI=1S/C23H24N2O5S/c1-4-18(26)23-21(24-31(27,28)17-8-6-5-7-9-17)15(2)22(25(23)3)16-10-11-19-20(14-16)30-13-12-29-19/h5-11,14,24H,4,12-13H2,1-3H3. The summed E-state index contributed by atoms with van der Waals surface area (Å²) in [6.07, 6.45) is 0.248. The molecular formula is C23H24N2O5S. The van der Waals surface area contributed by atoms with Crippen LogP contribution in [0.2, 0.25) is 0 Å². The number of anilines is 1. The predicted molar refractivity (Wildman–Crippen MR) is 118 cm³/mol. The van der Waals surface area contributed by atoms with Gasteiger partial charge in [-0.2, -0.15) is 0 Å². The van der Waals surface area contributed by atoms with Gasteiger partial charge in [-0.3, -0.25) is 9.52 Å². The van der Waals surface area contributed by atoms with Gasteiger partial charge in [0.25, 0.3) is 10.0 Å². The number of nitrogens with one attached hydrogen (secondary N) is 1. The minimum Gasteiger partial charge on any atom is -0.486 e. The maximum absolute atomic E-state index is 13.0. The van der Waals surface area contributed by atoms with Gasteiger partial charge in [-0.25, -0.2) is 8.42 Å². The van der Waals surface area contributed by atoms with Gasteiger partial charge in [-0.05, 0) is 42.8 Å². The molecule has 0 amide bonds. The molecule has 0 unspecified atom stereocenters. The second kappa shape index (κ2) is 8.11. The fourth-order valence-electron chi connectivity index (χ4n) is 3.84. The molecule has 0 saturated heterocycles. The Morgan fingerprint density at radius 2 is 1.74 bits per heavy atom. The molecule has 4 rings (SSSR count). The van der Waals surface area contributed by atoms with E-state index in [9.17, 15) is 13.2 Å². The minimum atomic E-state index is -3.86. The number of carbonyl (C=O) groups is 1. The van der Waals surface area contributed by atoms with Crippen LogP contribution in [-0.4, -0.2) is 32.0 Å². The van der Waals surface area contributed by atoms with Crippen molar-refractivity contribution in [3.8, 4) is 22.8 Å².